The predicted molar refractivity (Wildman–Crippen MR) is 72.4 cm³/mol. The number of hydrogen-bond acceptors (Lipinski definition) is 2. The monoisotopic (exact) mass is 319 g/mol. The molecular weight excluding hydrogens is 305 g/mol. The minimum absolute atomic E-state index is 0.192. The molecule has 1 atom stereocenters. The van der Waals surface area contributed by atoms with Gasteiger partial charge in [0.1, 0.15) is 0 Å². The third-order valence-corrected chi connectivity index (χ3v) is 3.33. The lowest BCUT2D eigenvalue weighted by molar-refractivity contribution is 0.0941. The highest BCUT2D eigenvalue weighted by Gasteiger charge is 2.10. The zero-order valence-corrected chi connectivity index (χ0v) is 11.9. The molecule has 1 aromatic rings. The van der Waals surface area contributed by atoms with Crippen LogP contribution in [0, 0.1) is 0 Å². The minimum atomic E-state index is -0.363. The van der Waals surface area contributed by atoms with Crippen LogP contribution in [0.2, 0.25) is 5.02 Å². The number of aliphatic hydroxyl groups excluding tert-OH is 1. The summed E-state index contributed by atoms with van der Waals surface area (Å²) in [5.41, 5.74) is 0.503. The lowest BCUT2D eigenvalue weighted by Crippen LogP contribution is -2.27. The van der Waals surface area contributed by atoms with E-state index < -0.39 is 0 Å². The van der Waals surface area contributed by atoms with Crippen molar-refractivity contribution >= 4 is 33.4 Å². The topological polar surface area (TPSA) is 49.3 Å². The summed E-state index contributed by atoms with van der Waals surface area (Å²) >= 11 is 9.12. The number of benzene rings is 1. The summed E-state index contributed by atoms with van der Waals surface area (Å²) in [4.78, 5) is 11.8. The Balaban J connectivity index is 2.55. The maximum atomic E-state index is 11.8. The number of rotatable bonds is 5. The Bertz CT molecular complexity index is 398. The number of halogens is 2. The fourth-order valence-corrected chi connectivity index (χ4v) is 1.92. The highest BCUT2D eigenvalue weighted by Crippen LogP contribution is 2.20. The van der Waals surface area contributed by atoms with Gasteiger partial charge in [0.2, 0.25) is 0 Å². The first-order chi connectivity index (χ1) is 8.04. The summed E-state index contributed by atoms with van der Waals surface area (Å²) in [6.45, 7) is 2.35. The first-order valence-corrected chi connectivity index (χ1v) is 6.63. The Kier molecular flexibility index (Phi) is 5.95. The van der Waals surface area contributed by atoms with Crippen molar-refractivity contribution in [2.45, 2.75) is 25.9 Å². The van der Waals surface area contributed by atoms with Crippen molar-refractivity contribution in [3.05, 3.63) is 33.3 Å². The highest BCUT2D eigenvalue weighted by molar-refractivity contribution is 9.10. The fraction of sp³-hybridized carbons (Fsp3) is 0.417. The number of carbonyl (C=O) groups is 1. The fourth-order valence-electron chi connectivity index (χ4n) is 1.32. The van der Waals surface area contributed by atoms with Gasteiger partial charge in [-0.3, -0.25) is 4.79 Å². The van der Waals surface area contributed by atoms with E-state index in [-0.39, 0.29) is 12.0 Å². The van der Waals surface area contributed by atoms with E-state index in [1.54, 1.807) is 18.2 Å². The van der Waals surface area contributed by atoms with Crippen LogP contribution in [-0.2, 0) is 0 Å². The Morgan fingerprint density at radius 3 is 2.94 bits per heavy atom. The zero-order valence-electron chi connectivity index (χ0n) is 9.54. The highest BCUT2D eigenvalue weighted by atomic mass is 79.9. The van der Waals surface area contributed by atoms with Gasteiger partial charge in [-0.15, -0.1) is 0 Å². The molecule has 0 fully saturated rings. The van der Waals surface area contributed by atoms with E-state index in [1.165, 1.54) is 0 Å². The molecule has 0 spiro atoms. The Morgan fingerprint density at radius 2 is 2.29 bits per heavy atom. The van der Waals surface area contributed by atoms with Gasteiger partial charge in [-0.25, -0.2) is 0 Å². The van der Waals surface area contributed by atoms with E-state index in [2.05, 4.69) is 21.2 Å². The van der Waals surface area contributed by atoms with Crippen LogP contribution >= 0.6 is 27.5 Å². The van der Waals surface area contributed by atoms with Crippen LogP contribution in [0.4, 0.5) is 0 Å². The average molecular weight is 321 g/mol. The van der Waals surface area contributed by atoms with Crippen molar-refractivity contribution in [1.82, 2.24) is 5.32 Å². The smallest absolute Gasteiger partial charge is 0.252 e. The van der Waals surface area contributed by atoms with Crippen molar-refractivity contribution in [2.24, 2.45) is 0 Å². The van der Waals surface area contributed by atoms with Gasteiger partial charge in [0, 0.05) is 16.0 Å². The van der Waals surface area contributed by atoms with E-state index >= 15 is 0 Å². The van der Waals surface area contributed by atoms with E-state index in [0.29, 0.717) is 34.4 Å². The van der Waals surface area contributed by atoms with Crippen LogP contribution in [0.5, 0.6) is 0 Å². The second-order valence-corrected chi connectivity index (χ2v) is 5.02. The summed E-state index contributed by atoms with van der Waals surface area (Å²) in [6, 6.07) is 5.05. The minimum Gasteiger partial charge on any atom is -0.393 e. The molecule has 1 unspecified atom stereocenters. The second kappa shape index (κ2) is 6.99. The van der Waals surface area contributed by atoms with E-state index in [4.69, 9.17) is 11.6 Å². The average Bonchev–Trinajstić information content (AvgIpc) is 2.31. The molecule has 0 radical (unpaired) electrons. The lowest BCUT2D eigenvalue weighted by Gasteiger charge is -2.10. The summed E-state index contributed by atoms with van der Waals surface area (Å²) in [5, 5.41) is 12.6. The molecule has 0 aliphatic rings. The van der Waals surface area contributed by atoms with Crippen molar-refractivity contribution in [3.8, 4) is 0 Å². The molecule has 1 amide bonds. The largest absolute Gasteiger partial charge is 0.393 e. The Hall–Kier alpha value is -0.580. The van der Waals surface area contributed by atoms with Crippen LogP contribution in [0.1, 0.15) is 30.1 Å². The van der Waals surface area contributed by atoms with Gasteiger partial charge in [-0.2, -0.15) is 0 Å². The molecule has 0 aromatic heterocycles. The molecule has 0 aliphatic heterocycles. The summed E-state index contributed by atoms with van der Waals surface area (Å²) in [7, 11) is 0. The first-order valence-electron chi connectivity index (χ1n) is 5.46. The molecule has 3 nitrogen and oxygen atoms in total. The van der Waals surface area contributed by atoms with Crippen molar-refractivity contribution < 1.29 is 9.90 Å². The van der Waals surface area contributed by atoms with Gasteiger partial charge in [0.15, 0.2) is 0 Å². The number of carbonyl (C=O) groups excluding carboxylic acids is 1. The molecule has 2 N–H and O–H groups in total. The van der Waals surface area contributed by atoms with Crippen LogP contribution in [0.25, 0.3) is 0 Å². The van der Waals surface area contributed by atoms with E-state index in [0.717, 1.165) is 0 Å². The summed E-state index contributed by atoms with van der Waals surface area (Å²) in [5.74, 6) is -0.192. The maximum absolute atomic E-state index is 11.8. The van der Waals surface area contributed by atoms with Crippen LogP contribution in [0.3, 0.4) is 0 Å². The van der Waals surface area contributed by atoms with Crippen molar-refractivity contribution in [3.63, 3.8) is 0 Å². The van der Waals surface area contributed by atoms with Gasteiger partial charge in [-0.05, 0) is 47.0 Å². The molecule has 0 bridgehead atoms. The number of amides is 1. The third-order valence-electron chi connectivity index (χ3n) is 2.41. The lowest BCUT2D eigenvalue weighted by atomic mass is 10.2. The number of hydrogen-bond donors (Lipinski definition) is 2. The summed E-state index contributed by atoms with van der Waals surface area (Å²) in [6.07, 6.45) is 0.884. The normalized spacial score (nSPS) is 12.2. The Morgan fingerprint density at radius 1 is 1.59 bits per heavy atom. The summed E-state index contributed by atoms with van der Waals surface area (Å²) < 4.78 is 0.704. The molecule has 5 heteroatoms. The molecule has 94 valence electrons. The standard InChI is InChI=1S/C12H15BrClNO2/c1-2-9(16)5-6-15-12(17)10-7-8(14)3-4-11(10)13/h3-4,7,9,16H,2,5-6H2,1H3,(H,15,17). The van der Waals surface area contributed by atoms with Crippen molar-refractivity contribution in [1.29, 1.82) is 0 Å². The SMILES string of the molecule is CCC(O)CCNC(=O)c1cc(Cl)ccc1Br. The van der Waals surface area contributed by atoms with Crippen LogP contribution in [-0.4, -0.2) is 23.7 Å². The molecule has 0 saturated carbocycles. The quantitative estimate of drug-likeness (QED) is 0.876. The maximum Gasteiger partial charge on any atom is 0.252 e. The van der Waals surface area contributed by atoms with Gasteiger partial charge in [0.25, 0.3) is 5.91 Å². The van der Waals surface area contributed by atoms with Crippen LogP contribution < -0.4 is 5.32 Å². The predicted octanol–water partition coefficient (Wildman–Crippen LogP) is 2.99. The van der Waals surface area contributed by atoms with E-state index in [1.807, 2.05) is 6.92 Å². The first kappa shape index (κ1) is 14.5. The molecular formula is C12H15BrClNO2. The molecule has 1 rings (SSSR count). The van der Waals surface area contributed by atoms with Gasteiger partial charge in [0.05, 0.1) is 11.7 Å². The molecule has 0 aliphatic carbocycles. The van der Waals surface area contributed by atoms with Crippen LogP contribution in [0.15, 0.2) is 22.7 Å². The number of nitrogens with one attached hydrogen (secondary N) is 1. The number of aliphatic hydroxyl groups is 1. The van der Waals surface area contributed by atoms with E-state index in [9.17, 15) is 9.90 Å². The van der Waals surface area contributed by atoms with Gasteiger partial charge in [-0.1, -0.05) is 18.5 Å². The zero-order chi connectivity index (χ0) is 12.8. The molecule has 1 aromatic carbocycles. The molecule has 0 heterocycles. The second-order valence-electron chi connectivity index (χ2n) is 3.73. The molecule has 17 heavy (non-hydrogen) atoms. The van der Waals surface area contributed by atoms with Crippen molar-refractivity contribution in [2.75, 3.05) is 6.54 Å². The van der Waals surface area contributed by atoms with Gasteiger partial charge < -0.3 is 10.4 Å². The molecule has 0 saturated heterocycles. The Labute approximate surface area is 114 Å². The third kappa shape index (κ3) is 4.66. The van der Waals surface area contributed by atoms with Gasteiger partial charge >= 0.3 is 0 Å².